The van der Waals surface area contributed by atoms with Crippen molar-refractivity contribution in [1.29, 1.82) is 0 Å². The van der Waals surface area contributed by atoms with Crippen molar-refractivity contribution < 1.29 is 9.53 Å². The highest BCUT2D eigenvalue weighted by atomic mass is 16.5. The van der Waals surface area contributed by atoms with Crippen molar-refractivity contribution in [3.63, 3.8) is 0 Å². The largest absolute Gasteiger partial charge is 0.489 e. The van der Waals surface area contributed by atoms with Crippen molar-refractivity contribution in [3.05, 3.63) is 65.2 Å². The summed E-state index contributed by atoms with van der Waals surface area (Å²) in [6.45, 7) is 6.97. The maximum Gasteiger partial charge on any atom is 0.257 e. The van der Waals surface area contributed by atoms with E-state index >= 15 is 0 Å². The van der Waals surface area contributed by atoms with Gasteiger partial charge in [0.05, 0.1) is 5.56 Å². The fourth-order valence-electron chi connectivity index (χ4n) is 4.41. The molecule has 2 aromatic carbocycles. The summed E-state index contributed by atoms with van der Waals surface area (Å²) in [5, 5.41) is 0. The Morgan fingerprint density at radius 1 is 0.931 bits per heavy atom. The van der Waals surface area contributed by atoms with Gasteiger partial charge < -0.3 is 9.64 Å². The molecule has 4 nitrogen and oxygen atoms in total. The molecule has 2 saturated heterocycles. The van der Waals surface area contributed by atoms with E-state index in [1.807, 2.05) is 29.2 Å². The number of piperidine rings is 2. The van der Waals surface area contributed by atoms with Gasteiger partial charge in [-0.1, -0.05) is 36.4 Å². The van der Waals surface area contributed by atoms with Crippen LogP contribution in [0.25, 0.3) is 0 Å². The number of hydrogen-bond acceptors (Lipinski definition) is 3. The molecule has 4 heteroatoms. The second-order valence-electron chi connectivity index (χ2n) is 8.37. The molecular formula is C25H32N2O2. The maximum atomic E-state index is 13.0. The summed E-state index contributed by atoms with van der Waals surface area (Å²) in [5.41, 5.74) is 3.48. The predicted octanol–water partition coefficient (Wildman–Crippen LogP) is 4.66. The van der Waals surface area contributed by atoms with Gasteiger partial charge >= 0.3 is 0 Å². The van der Waals surface area contributed by atoms with E-state index in [2.05, 4.69) is 36.1 Å². The van der Waals surface area contributed by atoms with Crippen LogP contribution in [0.3, 0.4) is 0 Å². The molecule has 2 heterocycles. The Labute approximate surface area is 174 Å². The molecule has 0 aromatic heterocycles. The molecule has 0 radical (unpaired) electrons. The van der Waals surface area contributed by atoms with Crippen molar-refractivity contribution in [1.82, 2.24) is 9.80 Å². The molecule has 0 atom stereocenters. The topological polar surface area (TPSA) is 32.8 Å². The number of amides is 1. The molecule has 0 spiro atoms. The summed E-state index contributed by atoms with van der Waals surface area (Å²) in [6, 6.07) is 16.4. The lowest BCUT2D eigenvalue weighted by Gasteiger charge is -2.33. The SMILES string of the molecule is Cc1ccccc1CN1CCC(Oc2ccccc2C(=O)N2CCCCC2)CC1. The summed E-state index contributed by atoms with van der Waals surface area (Å²) in [6.07, 6.45) is 5.61. The van der Waals surface area contributed by atoms with Gasteiger partial charge in [0.1, 0.15) is 11.9 Å². The molecule has 0 bridgehead atoms. The van der Waals surface area contributed by atoms with Crippen molar-refractivity contribution in [2.24, 2.45) is 0 Å². The number of nitrogens with zero attached hydrogens (tertiary/aromatic N) is 2. The third-order valence-electron chi connectivity index (χ3n) is 6.24. The van der Waals surface area contributed by atoms with Gasteiger partial charge in [-0.15, -0.1) is 0 Å². The molecule has 29 heavy (non-hydrogen) atoms. The molecule has 0 unspecified atom stereocenters. The van der Waals surface area contributed by atoms with Crippen LogP contribution in [0.4, 0.5) is 0 Å². The Morgan fingerprint density at radius 2 is 1.62 bits per heavy atom. The monoisotopic (exact) mass is 392 g/mol. The average Bonchev–Trinajstić information content (AvgIpc) is 2.77. The second kappa shape index (κ2) is 9.45. The zero-order valence-corrected chi connectivity index (χ0v) is 17.5. The van der Waals surface area contributed by atoms with Gasteiger partial charge in [0.2, 0.25) is 0 Å². The van der Waals surface area contributed by atoms with Crippen LogP contribution in [-0.4, -0.2) is 48.0 Å². The van der Waals surface area contributed by atoms with Crippen molar-refractivity contribution in [2.75, 3.05) is 26.2 Å². The van der Waals surface area contributed by atoms with Gasteiger partial charge in [-0.3, -0.25) is 9.69 Å². The van der Waals surface area contributed by atoms with E-state index in [9.17, 15) is 4.79 Å². The zero-order valence-electron chi connectivity index (χ0n) is 17.5. The molecule has 0 aliphatic carbocycles. The van der Waals surface area contributed by atoms with E-state index in [1.54, 1.807) is 0 Å². The van der Waals surface area contributed by atoms with Gasteiger partial charge in [-0.2, -0.15) is 0 Å². The van der Waals surface area contributed by atoms with Crippen LogP contribution in [0.5, 0.6) is 5.75 Å². The van der Waals surface area contributed by atoms with Crippen LogP contribution < -0.4 is 4.74 Å². The standard InChI is InChI=1S/C25H32N2O2/c1-20-9-3-4-10-21(20)19-26-17-13-22(14-18-26)29-24-12-6-5-11-23(24)25(28)27-15-7-2-8-16-27/h3-6,9-12,22H,2,7-8,13-19H2,1H3. The Bertz CT molecular complexity index is 821. The van der Waals surface area contributed by atoms with E-state index in [0.717, 1.165) is 69.7 Å². The number of benzene rings is 2. The summed E-state index contributed by atoms with van der Waals surface area (Å²) < 4.78 is 6.35. The number of likely N-dealkylation sites (tertiary alicyclic amines) is 2. The van der Waals surface area contributed by atoms with Crippen LogP contribution in [0.2, 0.25) is 0 Å². The number of hydrogen-bond donors (Lipinski definition) is 0. The average molecular weight is 393 g/mol. The van der Waals surface area contributed by atoms with Crippen LogP contribution in [0, 0.1) is 6.92 Å². The molecular weight excluding hydrogens is 360 g/mol. The maximum absolute atomic E-state index is 13.0. The lowest BCUT2D eigenvalue weighted by atomic mass is 10.0. The smallest absolute Gasteiger partial charge is 0.257 e. The molecule has 154 valence electrons. The molecule has 2 aliphatic rings. The number of para-hydroxylation sites is 1. The lowest BCUT2D eigenvalue weighted by molar-refractivity contribution is 0.0702. The minimum atomic E-state index is 0.122. The fourth-order valence-corrected chi connectivity index (χ4v) is 4.41. The highest BCUT2D eigenvalue weighted by Gasteiger charge is 2.25. The number of rotatable bonds is 5. The first-order valence-electron chi connectivity index (χ1n) is 11.0. The first-order chi connectivity index (χ1) is 14.2. The predicted molar refractivity (Wildman–Crippen MR) is 116 cm³/mol. The molecule has 2 fully saturated rings. The minimum absolute atomic E-state index is 0.122. The van der Waals surface area contributed by atoms with E-state index in [1.165, 1.54) is 17.5 Å². The van der Waals surface area contributed by atoms with Crippen LogP contribution >= 0.6 is 0 Å². The normalized spacial score (nSPS) is 18.6. The third kappa shape index (κ3) is 4.99. The molecule has 1 amide bonds. The number of carbonyl (C=O) groups excluding carboxylic acids is 1. The molecule has 2 aliphatic heterocycles. The van der Waals surface area contributed by atoms with E-state index in [-0.39, 0.29) is 12.0 Å². The highest BCUT2D eigenvalue weighted by molar-refractivity contribution is 5.97. The van der Waals surface area contributed by atoms with Gasteiger partial charge in [-0.25, -0.2) is 0 Å². The van der Waals surface area contributed by atoms with Gasteiger partial charge in [0.15, 0.2) is 0 Å². The van der Waals surface area contributed by atoms with Gasteiger partial charge in [0.25, 0.3) is 5.91 Å². The van der Waals surface area contributed by atoms with Crippen molar-refractivity contribution in [3.8, 4) is 5.75 Å². The Morgan fingerprint density at radius 3 is 2.38 bits per heavy atom. The summed E-state index contributed by atoms with van der Waals surface area (Å²) in [5.74, 6) is 0.873. The van der Waals surface area contributed by atoms with Crippen molar-refractivity contribution >= 4 is 5.91 Å². The summed E-state index contributed by atoms with van der Waals surface area (Å²) in [7, 11) is 0. The second-order valence-corrected chi connectivity index (χ2v) is 8.37. The molecule has 2 aromatic rings. The highest BCUT2D eigenvalue weighted by Crippen LogP contribution is 2.26. The summed E-state index contributed by atoms with van der Waals surface area (Å²) >= 11 is 0. The third-order valence-corrected chi connectivity index (χ3v) is 6.24. The zero-order chi connectivity index (χ0) is 20.1. The first-order valence-corrected chi connectivity index (χ1v) is 11.0. The number of aryl methyl sites for hydroxylation is 1. The van der Waals surface area contributed by atoms with Crippen LogP contribution in [-0.2, 0) is 6.54 Å². The van der Waals surface area contributed by atoms with Gasteiger partial charge in [-0.05, 0) is 62.3 Å². The van der Waals surface area contributed by atoms with Crippen LogP contribution in [0.1, 0.15) is 53.6 Å². The first kappa shape index (κ1) is 20.0. The molecule has 0 N–H and O–H groups in total. The number of carbonyl (C=O) groups is 1. The minimum Gasteiger partial charge on any atom is -0.489 e. The van der Waals surface area contributed by atoms with E-state index in [4.69, 9.17) is 4.74 Å². The molecule has 0 saturated carbocycles. The Balaban J connectivity index is 1.35. The summed E-state index contributed by atoms with van der Waals surface area (Å²) in [4.78, 5) is 17.5. The quantitative estimate of drug-likeness (QED) is 0.742. The van der Waals surface area contributed by atoms with Crippen LogP contribution in [0.15, 0.2) is 48.5 Å². The van der Waals surface area contributed by atoms with Gasteiger partial charge in [0, 0.05) is 32.7 Å². The number of ether oxygens (including phenoxy) is 1. The fraction of sp³-hybridized carbons (Fsp3) is 0.480. The van der Waals surface area contributed by atoms with E-state index in [0.29, 0.717) is 0 Å². The van der Waals surface area contributed by atoms with Crippen molar-refractivity contribution in [2.45, 2.75) is 51.7 Å². The Hall–Kier alpha value is -2.33. The molecule has 4 rings (SSSR count). The van der Waals surface area contributed by atoms with E-state index < -0.39 is 0 Å². The Kier molecular flexibility index (Phi) is 6.50. The lowest BCUT2D eigenvalue weighted by Crippen LogP contribution is -2.38.